The van der Waals surface area contributed by atoms with Gasteiger partial charge in [-0.15, -0.1) is 0 Å². The molecule has 1 heterocycles. The molecule has 5 heteroatoms. The SMILES string of the molecule is CCC(CC)(CO)CNC(=O)CC1COCCN1. The van der Waals surface area contributed by atoms with E-state index in [0.29, 0.717) is 19.6 Å². The fraction of sp³-hybridized carbons (Fsp3) is 0.923. The second-order valence-electron chi connectivity index (χ2n) is 5.07. The second kappa shape index (κ2) is 7.71. The Bertz CT molecular complexity index is 240. The normalized spacial score (nSPS) is 20.7. The van der Waals surface area contributed by atoms with Gasteiger partial charge in [0, 0.05) is 31.0 Å². The van der Waals surface area contributed by atoms with Crippen LogP contribution in [0.4, 0.5) is 0 Å². The third-order valence-electron chi connectivity index (χ3n) is 3.93. The third kappa shape index (κ3) is 4.55. The van der Waals surface area contributed by atoms with E-state index in [-0.39, 0.29) is 24.0 Å². The van der Waals surface area contributed by atoms with E-state index in [1.807, 2.05) is 13.8 Å². The van der Waals surface area contributed by atoms with Gasteiger partial charge in [0.25, 0.3) is 0 Å². The molecule has 1 saturated heterocycles. The van der Waals surface area contributed by atoms with E-state index >= 15 is 0 Å². The van der Waals surface area contributed by atoms with Gasteiger partial charge in [0.15, 0.2) is 0 Å². The van der Waals surface area contributed by atoms with Crippen molar-refractivity contribution in [2.45, 2.75) is 39.2 Å². The van der Waals surface area contributed by atoms with Crippen LogP contribution in [-0.2, 0) is 9.53 Å². The number of hydrogen-bond acceptors (Lipinski definition) is 4. The van der Waals surface area contributed by atoms with E-state index in [4.69, 9.17) is 4.74 Å². The van der Waals surface area contributed by atoms with E-state index in [0.717, 1.165) is 26.0 Å². The molecule has 5 nitrogen and oxygen atoms in total. The fourth-order valence-corrected chi connectivity index (χ4v) is 2.11. The predicted octanol–water partition coefficient (Wildman–Crippen LogP) is 0.280. The zero-order valence-corrected chi connectivity index (χ0v) is 11.5. The lowest BCUT2D eigenvalue weighted by Gasteiger charge is -2.30. The summed E-state index contributed by atoms with van der Waals surface area (Å²) in [4.78, 5) is 11.8. The van der Waals surface area contributed by atoms with Crippen molar-refractivity contribution in [3.05, 3.63) is 0 Å². The summed E-state index contributed by atoms with van der Waals surface area (Å²) in [6, 6.07) is 0.116. The third-order valence-corrected chi connectivity index (χ3v) is 3.93. The maximum atomic E-state index is 11.8. The van der Waals surface area contributed by atoms with Gasteiger partial charge in [-0.25, -0.2) is 0 Å². The minimum absolute atomic E-state index is 0.0257. The molecule has 0 aromatic rings. The number of morpholine rings is 1. The number of aliphatic hydroxyl groups excluding tert-OH is 1. The predicted molar refractivity (Wildman–Crippen MR) is 70.3 cm³/mol. The minimum atomic E-state index is -0.174. The molecule has 1 aliphatic rings. The lowest BCUT2D eigenvalue weighted by Crippen LogP contribution is -2.46. The van der Waals surface area contributed by atoms with Crippen LogP contribution >= 0.6 is 0 Å². The lowest BCUT2D eigenvalue weighted by molar-refractivity contribution is -0.123. The summed E-state index contributed by atoms with van der Waals surface area (Å²) in [6.45, 7) is 6.87. The molecule has 0 aliphatic carbocycles. The van der Waals surface area contributed by atoms with Crippen molar-refractivity contribution in [2.75, 3.05) is 32.9 Å². The number of rotatable bonds is 7. The van der Waals surface area contributed by atoms with E-state index < -0.39 is 0 Å². The van der Waals surface area contributed by atoms with Gasteiger partial charge in [0.05, 0.1) is 19.8 Å². The summed E-state index contributed by atoms with van der Waals surface area (Å²) in [5, 5.41) is 15.6. The molecule has 0 aromatic heterocycles. The number of carbonyl (C=O) groups excluding carboxylic acids is 1. The first-order valence-corrected chi connectivity index (χ1v) is 6.84. The number of hydrogen-bond donors (Lipinski definition) is 3. The van der Waals surface area contributed by atoms with Crippen molar-refractivity contribution in [1.82, 2.24) is 10.6 Å². The van der Waals surface area contributed by atoms with Crippen molar-refractivity contribution < 1.29 is 14.6 Å². The molecule has 0 saturated carbocycles. The van der Waals surface area contributed by atoms with Gasteiger partial charge in [-0.05, 0) is 12.8 Å². The topological polar surface area (TPSA) is 70.6 Å². The van der Waals surface area contributed by atoms with Crippen LogP contribution in [0.1, 0.15) is 33.1 Å². The highest BCUT2D eigenvalue weighted by atomic mass is 16.5. The molecule has 0 aromatic carbocycles. The first-order chi connectivity index (χ1) is 8.65. The standard InChI is InChI=1S/C13H26N2O3/c1-3-13(4-2,10-16)9-15-12(17)7-11-8-18-6-5-14-11/h11,14,16H,3-10H2,1-2H3,(H,15,17). The van der Waals surface area contributed by atoms with Crippen LogP contribution in [-0.4, -0.2) is 50.0 Å². The van der Waals surface area contributed by atoms with Gasteiger partial charge in [-0.1, -0.05) is 13.8 Å². The Labute approximate surface area is 109 Å². The molecule has 18 heavy (non-hydrogen) atoms. The van der Waals surface area contributed by atoms with Crippen LogP contribution in [0.2, 0.25) is 0 Å². The van der Waals surface area contributed by atoms with Gasteiger partial charge < -0.3 is 20.5 Å². The zero-order chi connectivity index (χ0) is 13.4. The molecule has 1 fully saturated rings. The second-order valence-corrected chi connectivity index (χ2v) is 5.07. The molecule has 0 bridgehead atoms. The summed E-state index contributed by atoms with van der Waals surface area (Å²) >= 11 is 0. The van der Waals surface area contributed by atoms with Crippen molar-refractivity contribution in [3.63, 3.8) is 0 Å². The van der Waals surface area contributed by atoms with Gasteiger partial charge in [0.2, 0.25) is 5.91 Å². The Morgan fingerprint density at radius 2 is 2.22 bits per heavy atom. The average molecular weight is 258 g/mol. The van der Waals surface area contributed by atoms with E-state index in [1.54, 1.807) is 0 Å². The molecule has 1 rings (SSSR count). The summed E-state index contributed by atoms with van der Waals surface area (Å²) in [7, 11) is 0. The van der Waals surface area contributed by atoms with Crippen molar-refractivity contribution >= 4 is 5.91 Å². The monoisotopic (exact) mass is 258 g/mol. The van der Waals surface area contributed by atoms with E-state index in [9.17, 15) is 9.90 Å². The van der Waals surface area contributed by atoms with Gasteiger partial charge in [-0.2, -0.15) is 0 Å². The Balaban J connectivity index is 2.30. The first kappa shape index (κ1) is 15.4. The van der Waals surface area contributed by atoms with Crippen molar-refractivity contribution in [3.8, 4) is 0 Å². The van der Waals surface area contributed by atoms with Crippen LogP contribution < -0.4 is 10.6 Å². The van der Waals surface area contributed by atoms with Crippen LogP contribution in [0, 0.1) is 5.41 Å². The molecular formula is C13H26N2O3. The number of nitrogens with one attached hydrogen (secondary N) is 2. The van der Waals surface area contributed by atoms with Crippen LogP contribution in [0.3, 0.4) is 0 Å². The van der Waals surface area contributed by atoms with Crippen molar-refractivity contribution in [1.29, 1.82) is 0 Å². The fourth-order valence-electron chi connectivity index (χ4n) is 2.11. The molecule has 3 N–H and O–H groups in total. The molecule has 0 spiro atoms. The Hall–Kier alpha value is -0.650. The molecule has 1 amide bonds. The zero-order valence-electron chi connectivity index (χ0n) is 11.5. The summed E-state index contributed by atoms with van der Waals surface area (Å²) in [5.74, 6) is 0.0257. The Morgan fingerprint density at radius 3 is 2.72 bits per heavy atom. The van der Waals surface area contributed by atoms with Gasteiger partial charge in [0.1, 0.15) is 0 Å². The van der Waals surface area contributed by atoms with Gasteiger partial charge in [-0.3, -0.25) is 4.79 Å². The average Bonchev–Trinajstić information content (AvgIpc) is 2.42. The number of ether oxygens (including phenoxy) is 1. The Morgan fingerprint density at radius 1 is 1.50 bits per heavy atom. The van der Waals surface area contributed by atoms with Crippen LogP contribution in [0.25, 0.3) is 0 Å². The molecule has 106 valence electrons. The van der Waals surface area contributed by atoms with Crippen LogP contribution in [0.15, 0.2) is 0 Å². The molecule has 1 atom stereocenters. The highest BCUT2D eigenvalue weighted by molar-refractivity contribution is 5.76. The lowest BCUT2D eigenvalue weighted by atomic mass is 9.83. The molecular weight excluding hydrogens is 232 g/mol. The number of carbonyl (C=O) groups is 1. The Kier molecular flexibility index (Phi) is 6.60. The molecule has 0 radical (unpaired) electrons. The van der Waals surface area contributed by atoms with E-state index in [2.05, 4.69) is 10.6 Å². The summed E-state index contributed by atoms with van der Waals surface area (Å²) in [5.41, 5.74) is -0.174. The quantitative estimate of drug-likeness (QED) is 0.613. The smallest absolute Gasteiger partial charge is 0.221 e. The molecule has 1 unspecified atom stereocenters. The first-order valence-electron chi connectivity index (χ1n) is 6.84. The van der Waals surface area contributed by atoms with Gasteiger partial charge >= 0.3 is 0 Å². The largest absolute Gasteiger partial charge is 0.396 e. The van der Waals surface area contributed by atoms with E-state index in [1.165, 1.54) is 0 Å². The summed E-state index contributed by atoms with van der Waals surface area (Å²) < 4.78 is 5.31. The minimum Gasteiger partial charge on any atom is -0.396 e. The maximum absolute atomic E-state index is 11.8. The summed E-state index contributed by atoms with van der Waals surface area (Å²) in [6.07, 6.45) is 2.17. The highest BCUT2D eigenvalue weighted by Crippen LogP contribution is 2.24. The highest BCUT2D eigenvalue weighted by Gasteiger charge is 2.26. The maximum Gasteiger partial charge on any atom is 0.221 e. The van der Waals surface area contributed by atoms with Crippen molar-refractivity contribution in [2.24, 2.45) is 5.41 Å². The number of aliphatic hydroxyl groups is 1. The number of amides is 1. The molecule has 1 aliphatic heterocycles. The van der Waals surface area contributed by atoms with Crippen LogP contribution in [0.5, 0.6) is 0 Å².